The molecule has 0 bridgehead atoms. The number of nitrogens with zero attached hydrogens (tertiary/aromatic N) is 2. The van der Waals surface area contributed by atoms with Crippen molar-refractivity contribution >= 4 is 60.4 Å². The molecule has 0 atom stereocenters. The SMILES string of the molecule is c1ccc(-c2ccc(N(c3cccc(-c4cc(-c5ccccc5)cc5c4c4ccccc4n5-c4ccccc4)c3)c3ccc4c(ccc5ccccc54)c3)cc2)cc1. The van der Waals surface area contributed by atoms with Crippen LogP contribution in [0.3, 0.4) is 0 Å². The summed E-state index contributed by atoms with van der Waals surface area (Å²) in [5.74, 6) is 0. The Morgan fingerprint density at radius 2 is 0.862 bits per heavy atom. The third-order valence-corrected chi connectivity index (χ3v) is 11.5. The number of anilines is 3. The fourth-order valence-corrected chi connectivity index (χ4v) is 8.81. The van der Waals surface area contributed by atoms with Gasteiger partial charge in [-0.15, -0.1) is 0 Å². The van der Waals surface area contributed by atoms with E-state index in [0.717, 1.165) is 28.3 Å². The van der Waals surface area contributed by atoms with E-state index in [2.05, 4.69) is 240 Å². The third kappa shape index (κ3) is 5.82. The Bertz CT molecular complexity index is 3250. The standard InChI is InChI=1S/C56H38N2/c1-4-15-39(16-5-1)41-29-31-47(32-30-41)57(49-33-34-51-44(36-49)28-27-42-19-10-11-24-50(42)51)48-23-14-20-43(35-48)53-37-45(40-17-6-2-7-18-40)38-55-56(53)52-25-12-13-26-54(52)58(55)46-21-8-3-9-22-46/h1-38H. The summed E-state index contributed by atoms with van der Waals surface area (Å²) in [4.78, 5) is 2.40. The van der Waals surface area contributed by atoms with Crippen LogP contribution in [0.15, 0.2) is 231 Å². The second-order valence-electron chi connectivity index (χ2n) is 15.0. The summed E-state index contributed by atoms with van der Waals surface area (Å²) < 4.78 is 2.42. The Morgan fingerprint density at radius 1 is 0.293 bits per heavy atom. The van der Waals surface area contributed by atoms with Crippen molar-refractivity contribution in [3.8, 4) is 39.1 Å². The lowest BCUT2D eigenvalue weighted by Gasteiger charge is -2.27. The van der Waals surface area contributed by atoms with Gasteiger partial charge in [0.1, 0.15) is 0 Å². The average molecular weight is 739 g/mol. The second-order valence-corrected chi connectivity index (χ2v) is 15.0. The van der Waals surface area contributed by atoms with E-state index in [4.69, 9.17) is 0 Å². The van der Waals surface area contributed by atoms with Crippen LogP contribution in [0.2, 0.25) is 0 Å². The molecule has 11 rings (SSSR count). The molecule has 1 heterocycles. The highest BCUT2D eigenvalue weighted by molar-refractivity contribution is 6.17. The van der Waals surface area contributed by atoms with E-state index in [9.17, 15) is 0 Å². The first kappa shape index (κ1) is 33.6. The Hall–Kier alpha value is -7.68. The zero-order chi connectivity index (χ0) is 38.4. The summed E-state index contributed by atoms with van der Waals surface area (Å²) in [7, 11) is 0. The van der Waals surface area contributed by atoms with E-state index in [1.165, 1.54) is 71.2 Å². The quantitative estimate of drug-likeness (QED) is 0.148. The van der Waals surface area contributed by atoms with Crippen molar-refractivity contribution < 1.29 is 0 Å². The molecular weight excluding hydrogens is 701 g/mol. The molecule has 0 saturated heterocycles. The van der Waals surface area contributed by atoms with Crippen LogP contribution >= 0.6 is 0 Å². The molecule has 0 amide bonds. The van der Waals surface area contributed by atoms with Crippen LogP contribution in [0.4, 0.5) is 17.1 Å². The van der Waals surface area contributed by atoms with Gasteiger partial charge < -0.3 is 9.47 Å². The Labute approximate surface area is 338 Å². The number of benzene rings is 10. The van der Waals surface area contributed by atoms with Crippen molar-refractivity contribution in [1.82, 2.24) is 4.57 Å². The fourth-order valence-electron chi connectivity index (χ4n) is 8.81. The molecule has 0 aliphatic heterocycles. The van der Waals surface area contributed by atoms with E-state index in [-0.39, 0.29) is 0 Å². The summed E-state index contributed by atoms with van der Waals surface area (Å²) >= 11 is 0. The van der Waals surface area contributed by atoms with Crippen molar-refractivity contribution in [1.29, 1.82) is 0 Å². The maximum Gasteiger partial charge on any atom is 0.0553 e. The molecule has 0 N–H and O–H groups in total. The lowest BCUT2D eigenvalue weighted by Crippen LogP contribution is -2.10. The minimum Gasteiger partial charge on any atom is -0.310 e. The molecule has 2 heteroatoms. The van der Waals surface area contributed by atoms with E-state index in [0.29, 0.717) is 0 Å². The molecule has 0 aliphatic carbocycles. The predicted molar refractivity (Wildman–Crippen MR) is 247 cm³/mol. The maximum atomic E-state index is 2.42. The lowest BCUT2D eigenvalue weighted by atomic mass is 9.94. The van der Waals surface area contributed by atoms with Gasteiger partial charge in [-0.1, -0.05) is 164 Å². The van der Waals surface area contributed by atoms with Gasteiger partial charge in [0.25, 0.3) is 0 Å². The van der Waals surface area contributed by atoms with E-state index in [1.807, 2.05) is 0 Å². The zero-order valence-electron chi connectivity index (χ0n) is 31.8. The van der Waals surface area contributed by atoms with Gasteiger partial charge in [0.05, 0.1) is 11.0 Å². The molecule has 0 fully saturated rings. The van der Waals surface area contributed by atoms with Gasteiger partial charge >= 0.3 is 0 Å². The molecule has 0 unspecified atom stereocenters. The summed E-state index contributed by atoms with van der Waals surface area (Å²) in [6, 6.07) is 83.8. The smallest absolute Gasteiger partial charge is 0.0553 e. The second kappa shape index (κ2) is 14.1. The van der Waals surface area contributed by atoms with Crippen LogP contribution in [0.5, 0.6) is 0 Å². The van der Waals surface area contributed by atoms with Crippen LogP contribution in [-0.2, 0) is 0 Å². The Morgan fingerprint density at radius 3 is 1.64 bits per heavy atom. The monoisotopic (exact) mass is 738 g/mol. The van der Waals surface area contributed by atoms with Crippen molar-refractivity contribution in [2.24, 2.45) is 0 Å². The molecule has 11 aromatic rings. The fraction of sp³-hybridized carbons (Fsp3) is 0. The van der Waals surface area contributed by atoms with Gasteiger partial charge in [0.15, 0.2) is 0 Å². The van der Waals surface area contributed by atoms with E-state index < -0.39 is 0 Å². The largest absolute Gasteiger partial charge is 0.310 e. The minimum atomic E-state index is 1.09. The Balaban J connectivity index is 1.14. The molecule has 0 radical (unpaired) electrons. The third-order valence-electron chi connectivity index (χ3n) is 11.5. The van der Waals surface area contributed by atoms with Crippen LogP contribution in [0, 0.1) is 0 Å². The van der Waals surface area contributed by atoms with Gasteiger partial charge in [-0.25, -0.2) is 0 Å². The van der Waals surface area contributed by atoms with Gasteiger partial charge in [-0.2, -0.15) is 0 Å². The van der Waals surface area contributed by atoms with Crippen LogP contribution < -0.4 is 4.90 Å². The predicted octanol–water partition coefficient (Wildman–Crippen LogP) is 15.6. The van der Waals surface area contributed by atoms with Crippen LogP contribution in [-0.4, -0.2) is 4.57 Å². The molecule has 1 aromatic heterocycles. The van der Waals surface area contributed by atoms with Crippen LogP contribution in [0.1, 0.15) is 0 Å². The molecule has 58 heavy (non-hydrogen) atoms. The summed E-state index contributed by atoms with van der Waals surface area (Å²) in [5.41, 5.74) is 14.0. The first-order valence-electron chi connectivity index (χ1n) is 19.9. The molecule has 0 aliphatic rings. The van der Waals surface area contributed by atoms with E-state index in [1.54, 1.807) is 0 Å². The summed E-state index contributed by atoms with van der Waals surface area (Å²) in [6.07, 6.45) is 0. The molecule has 0 saturated carbocycles. The number of aromatic nitrogens is 1. The van der Waals surface area contributed by atoms with Crippen LogP contribution in [0.25, 0.3) is 82.4 Å². The number of hydrogen-bond donors (Lipinski definition) is 0. The first-order chi connectivity index (χ1) is 28.8. The van der Waals surface area contributed by atoms with Crippen molar-refractivity contribution in [3.63, 3.8) is 0 Å². The average Bonchev–Trinajstić information content (AvgIpc) is 3.64. The molecule has 0 spiro atoms. The topological polar surface area (TPSA) is 8.17 Å². The lowest BCUT2D eigenvalue weighted by molar-refractivity contribution is 1.18. The highest BCUT2D eigenvalue weighted by Crippen LogP contribution is 2.44. The van der Waals surface area contributed by atoms with Crippen molar-refractivity contribution in [3.05, 3.63) is 231 Å². The zero-order valence-corrected chi connectivity index (χ0v) is 31.8. The van der Waals surface area contributed by atoms with Crippen molar-refractivity contribution in [2.75, 3.05) is 4.90 Å². The van der Waals surface area contributed by atoms with E-state index >= 15 is 0 Å². The number of fused-ring (bicyclic) bond motifs is 6. The number of rotatable bonds is 7. The maximum absolute atomic E-state index is 2.42. The summed E-state index contributed by atoms with van der Waals surface area (Å²) in [6.45, 7) is 0. The highest BCUT2D eigenvalue weighted by atomic mass is 15.1. The van der Waals surface area contributed by atoms with Gasteiger partial charge in [0.2, 0.25) is 0 Å². The summed E-state index contributed by atoms with van der Waals surface area (Å²) in [5, 5.41) is 7.46. The number of hydrogen-bond acceptors (Lipinski definition) is 1. The van der Waals surface area contributed by atoms with Gasteiger partial charge in [-0.3, -0.25) is 0 Å². The van der Waals surface area contributed by atoms with Gasteiger partial charge in [0, 0.05) is 33.5 Å². The Kier molecular flexibility index (Phi) is 8.19. The molecule has 10 aromatic carbocycles. The normalized spacial score (nSPS) is 11.4. The molecular formula is C56H38N2. The minimum absolute atomic E-state index is 1.09. The first-order valence-corrected chi connectivity index (χ1v) is 19.9. The van der Waals surface area contributed by atoms with Crippen molar-refractivity contribution in [2.45, 2.75) is 0 Å². The highest BCUT2D eigenvalue weighted by Gasteiger charge is 2.20. The molecule has 2 nitrogen and oxygen atoms in total. The molecule has 272 valence electrons. The van der Waals surface area contributed by atoms with Gasteiger partial charge in [-0.05, 0) is 122 Å². The number of para-hydroxylation sites is 2.